The van der Waals surface area contributed by atoms with Gasteiger partial charge >= 0.3 is 0 Å². The van der Waals surface area contributed by atoms with Crippen LogP contribution in [-0.4, -0.2) is 22.9 Å². The van der Waals surface area contributed by atoms with Gasteiger partial charge in [0.05, 0.1) is 17.8 Å². The molecule has 1 spiro atoms. The first kappa shape index (κ1) is 7.56. The molecule has 0 amide bonds. The molecular weight excluding hydrogens is 140 g/mol. The van der Waals surface area contributed by atoms with Gasteiger partial charge in [-0.15, -0.1) is 0 Å². The van der Waals surface area contributed by atoms with E-state index >= 15 is 0 Å². The van der Waals surface area contributed by atoms with Gasteiger partial charge in [0.1, 0.15) is 0 Å². The minimum Gasteiger partial charge on any atom is -0.390 e. The molecule has 0 bridgehead atoms. The smallest absolute Gasteiger partial charge is 0.0709 e. The summed E-state index contributed by atoms with van der Waals surface area (Å²) in [5.41, 5.74) is -0.375. The topological polar surface area (TPSA) is 29.5 Å². The molecule has 1 N–H and O–H groups in total. The maximum Gasteiger partial charge on any atom is 0.0709 e. The van der Waals surface area contributed by atoms with Crippen LogP contribution in [0.4, 0.5) is 0 Å². The molecule has 0 aromatic rings. The number of rotatable bonds is 0. The van der Waals surface area contributed by atoms with Crippen molar-refractivity contribution in [1.29, 1.82) is 0 Å². The summed E-state index contributed by atoms with van der Waals surface area (Å²) >= 11 is 0. The van der Waals surface area contributed by atoms with Crippen LogP contribution in [0.25, 0.3) is 0 Å². The lowest BCUT2D eigenvalue weighted by atomic mass is 9.71. The third-order valence-electron chi connectivity index (χ3n) is 3.02. The Labute approximate surface area is 67.6 Å². The molecular formula is C9H16O2. The molecule has 0 radical (unpaired) electrons. The maximum atomic E-state index is 9.80. The molecule has 2 fully saturated rings. The van der Waals surface area contributed by atoms with Crippen molar-refractivity contribution in [2.24, 2.45) is 0 Å². The molecule has 0 aromatic heterocycles. The monoisotopic (exact) mass is 156 g/mol. The molecule has 0 unspecified atom stereocenters. The second kappa shape index (κ2) is 2.20. The van der Waals surface area contributed by atoms with Crippen LogP contribution < -0.4 is 0 Å². The van der Waals surface area contributed by atoms with E-state index in [1.54, 1.807) is 0 Å². The van der Waals surface area contributed by atoms with Gasteiger partial charge in [0.25, 0.3) is 0 Å². The summed E-state index contributed by atoms with van der Waals surface area (Å²) < 4.78 is 5.68. The van der Waals surface area contributed by atoms with E-state index in [0.717, 1.165) is 32.3 Å². The minimum atomic E-state index is -0.460. The Hall–Kier alpha value is -0.0800. The Morgan fingerprint density at radius 3 is 2.36 bits per heavy atom. The van der Waals surface area contributed by atoms with Gasteiger partial charge in [0.2, 0.25) is 0 Å². The number of ether oxygens (including phenoxy) is 1. The summed E-state index contributed by atoms with van der Waals surface area (Å²) in [7, 11) is 0. The predicted octanol–water partition coefficient (Wildman–Crippen LogP) is 1.47. The molecule has 64 valence electrons. The summed E-state index contributed by atoms with van der Waals surface area (Å²) in [4.78, 5) is 0. The summed E-state index contributed by atoms with van der Waals surface area (Å²) in [6, 6.07) is 0. The highest BCUT2D eigenvalue weighted by Crippen LogP contribution is 2.45. The first-order valence-corrected chi connectivity index (χ1v) is 4.48. The molecule has 1 heterocycles. The van der Waals surface area contributed by atoms with Crippen LogP contribution >= 0.6 is 0 Å². The highest BCUT2D eigenvalue weighted by Gasteiger charge is 2.46. The van der Waals surface area contributed by atoms with Gasteiger partial charge in [0, 0.05) is 6.42 Å². The second-order valence-corrected chi connectivity index (χ2v) is 4.31. The van der Waals surface area contributed by atoms with Crippen molar-refractivity contribution in [3.05, 3.63) is 0 Å². The van der Waals surface area contributed by atoms with E-state index in [4.69, 9.17) is 4.74 Å². The highest BCUT2D eigenvalue weighted by molar-refractivity contribution is 4.98. The number of aliphatic hydroxyl groups is 1. The standard InChI is InChI=1S/C9H16O2/c1-8(10)5-6-11-9(7-8)3-2-4-9/h10H,2-7H2,1H3/t8-/m0/s1. The van der Waals surface area contributed by atoms with Crippen LogP contribution in [0.2, 0.25) is 0 Å². The zero-order valence-corrected chi connectivity index (χ0v) is 7.10. The fourth-order valence-electron chi connectivity index (χ4n) is 2.21. The van der Waals surface area contributed by atoms with Crippen molar-refractivity contribution in [3.63, 3.8) is 0 Å². The van der Waals surface area contributed by atoms with Gasteiger partial charge in [-0.05, 0) is 32.6 Å². The lowest BCUT2D eigenvalue weighted by molar-refractivity contribution is -0.186. The Morgan fingerprint density at radius 2 is 2.00 bits per heavy atom. The molecule has 11 heavy (non-hydrogen) atoms. The van der Waals surface area contributed by atoms with Crippen LogP contribution in [0.5, 0.6) is 0 Å². The van der Waals surface area contributed by atoms with Gasteiger partial charge < -0.3 is 9.84 Å². The first-order chi connectivity index (χ1) is 5.12. The summed E-state index contributed by atoms with van der Waals surface area (Å²) in [5, 5.41) is 9.80. The summed E-state index contributed by atoms with van der Waals surface area (Å²) in [6.45, 7) is 2.67. The van der Waals surface area contributed by atoms with Gasteiger partial charge in [-0.1, -0.05) is 0 Å². The average molecular weight is 156 g/mol. The lowest BCUT2D eigenvalue weighted by Crippen LogP contribution is -2.51. The predicted molar refractivity (Wildman–Crippen MR) is 42.4 cm³/mol. The normalized spacial score (nSPS) is 42.0. The van der Waals surface area contributed by atoms with Gasteiger partial charge in [-0.3, -0.25) is 0 Å². The van der Waals surface area contributed by atoms with Crippen molar-refractivity contribution in [3.8, 4) is 0 Å². The largest absolute Gasteiger partial charge is 0.390 e. The van der Waals surface area contributed by atoms with E-state index in [0.29, 0.717) is 0 Å². The van der Waals surface area contributed by atoms with E-state index in [1.807, 2.05) is 6.92 Å². The molecule has 1 aliphatic carbocycles. The molecule has 1 saturated heterocycles. The molecule has 2 aliphatic rings. The minimum absolute atomic E-state index is 0.0851. The van der Waals surface area contributed by atoms with E-state index in [-0.39, 0.29) is 5.60 Å². The summed E-state index contributed by atoms with van der Waals surface area (Å²) in [5.74, 6) is 0. The molecule has 0 aromatic carbocycles. The van der Waals surface area contributed by atoms with Gasteiger partial charge in [0.15, 0.2) is 0 Å². The molecule has 2 nitrogen and oxygen atoms in total. The fourth-order valence-corrected chi connectivity index (χ4v) is 2.21. The van der Waals surface area contributed by atoms with Crippen LogP contribution in [0, 0.1) is 0 Å². The van der Waals surface area contributed by atoms with Crippen molar-refractivity contribution in [2.45, 2.75) is 50.2 Å². The maximum absolute atomic E-state index is 9.80. The quantitative estimate of drug-likeness (QED) is 0.575. The highest BCUT2D eigenvalue weighted by atomic mass is 16.5. The fraction of sp³-hybridized carbons (Fsp3) is 1.00. The van der Waals surface area contributed by atoms with E-state index in [9.17, 15) is 5.11 Å². The van der Waals surface area contributed by atoms with Gasteiger partial charge in [-0.25, -0.2) is 0 Å². The molecule has 1 aliphatic heterocycles. The number of hydrogen-bond donors (Lipinski definition) is 1. The third kappa shape index (κ3) is 1.30. The molecule has 2 heteroatoms. The van der Waals surface area contributed by atoms with Crippen molar-refractivity contribution in [2.75, 3.05) is 6.61 Å². The van der Waals surface area contributed by atoms with E-state index in [1.165, 1.54) is 6.42 Å². The Kier molecular flexibility index (Phi) is 1.52. The van der Waals surface area contributed by atoms with Crippen molar-refractivity contribution in [1.82, 2.24) is 0 Å². The van der Waals surface area contributed by atoms with Crippen LogP contribution in [0.1, 0.15) is 39.0 Å². The van der Waals surface area contributed by atoms with Crippen molar-refractivity contribution >= 4 is 0 Å². The number of hydrogen-bond acceptors (Lipinski definition) is 2. The summed E-state index contributed by atoms with van der Waals surface area (Å²) in [6.07, 6.45) is 5.23. The SMILES string of the molecule is C[C@]1(O)CCOC2(CCC2)C1. The molecule has 1 atom stereocenters. The zero-order valence-electron chi connectivity index (χ0n) is 7.10. The van der Waals surface area contributed by atoms with Gasteiger partial charge in [-0.2, -0.15) is 0 Å². The Bertz CT molecular complexity index is 159. The lowest BCUT2D eigenvalue weighted by Gasteiger charge is -2.49. The second-order valence-electron chi connectivity index (χ2n) is 4.31. The Balaban J connectivity index is 2.03. The molecule has 2 rings (SSSR count). The van der Waals surface area contributed by atoms with E-state index < -0.39 is 5.60 Å². The first-order valence-electron chi connectivity index (χ1n) is 4.48. The van der Waals surface area contributed by atoms with Crippen LogP contribution in [0.3, 0.4) is 0 Å². The molecule has 1 saturated carbocycles. The third-order valence-corrected chi connectivity index (χ3v) is 3.02. The van der Waals surface area contributed by atoms with Crippen molar-refractivity contribution < 1.29 is 9.84 Å². The van der Waals surface area contributed by atoms with Crippen LogP contribution in [0.15, 0.2) is 0 Å². The zero-order chi connectivity index (χ0) is 7.95. The van der Waals surface area contributed by atoms with Crippen LogP contribution in [-0.2, 0) is 4.74 Å². The average Bonchev–Trinajstić information content (AvgIpc) is 1.82. The Morgan fingerprint density at radius 1 is 1.27 bits per heavy atom. The van der Waals surface area contributed by atoms with E-state index in [2.05, 4.69) is 0 Å².